The number of fused-ring (bicyclic) bond motifs is 1. The molecule has 2 N–H and O–H groups in total. The normalized spacial score (nSPS) is 21.8. The number of nitrogens with one attached hydrogen (secondary N) is 2. The van der Waals surface area contributed by atoms with Crippen molar-refractivity contribution in [2.24, 2.45) is 0 Å². The van der Waals surface area contributed by atoms with Gasteiger partial charge >= 0.3 is 0 Å². The van der Waals surface area contributed by atoms with Crippen molar-refractivity contribution in [3.8, 4) is 0 Å². The Bertz CT molecular complexity index is 828. The van der Waals surface area contributed by atoms with Crippen LogP contribution in [0.5, 0.6) is 0 Å². The molecule has 2 saturated heterocycles. The molecule has 4 rings (SSSR count). The molecule has 0 aliphatic carbocycles. The maximum atomic E-state index is 12.9. The molecular formula is C22H31N3O2. The average molecular weight is 370 g/mol. The predicted molar refractivity (Wildman–Crippen MR) is 108 cm³/mol. The lowest BCUT2D eigenvalue weighted by molar-refractivity contribution is 0.0612. The number of H-pyrrole nitrogens is 1. The molecule has 2 aliphatic rings. The Morgan fingerprint density at radius 3 is 2.70 bits per heavy atom. The van der Waals surface area contributed by atoms with Crippen molar-refractivity contribution in [3.05, 3.63) is 34.5 Å². The summed E-state index contributed by atoms with van der Waals surface area (Å²) in [6.07, 6.45) is 4.82. The Hall–Kier alpha value is -1.85. The summed E-state index contributed by atoms with van der Waals surface area (Å²) in [6.45, 7) is 10.3. The number of piperidine rings is 1. The fraction of sp³-hybridized carbons (Fsp3) is 0.591. The molecule has 1 aromatic heterocycles. The molecule has 1 amide bonds. The number of benzene rings is 1. The molecule has 0 radical (unpaired) electrons. The van der Waals surface area contributed by atoms with Crippen LogP contribution in [0.3, 0.4) is 0 Å². The molecule has 0 bridgehead atoms. The van der Waals surface area contributed by atoms with Crippen molar-refractivity contribution >= 4 is 16.8 Å². The molecule has 146 valence electrons. The van der Waals surface area contributed by atoms with Crippen molar-refractivity contribution < 1.29 is 9.53 Å². The van der Waals surface area contributed by atoms with Gasteiger partial charge in [-0.2, -0.15) is 0 Å². The number of carbonyl (C=O) groups excluding carboxylic acids is 1. The minimum absolute atomic E-state index is 0.0262. The van der Waals surface area contributed by atoms with Gasteiger partial charge in [-0.3, -0.25) is 4.79 Å². The maximum Gasteiger partial charge on any atom is 0.268 e. The monoisotopic (exact) mass is 369 g/mol. The summed E-state index contributed by atoms with van der Waals surface area (Å²) >= 11 is 0. The molecule has 5 nitrogen and oxygen atoms in total. The molecule has 27 heavy (non-hydrogen) atoms. The minimum Gasteiger partial charge on any atom is -0.377 e. The molecule has 5 heteroatoms. The molecule has 0 saturated carbocycles. The van der Waals surface area contributed by atoms with Gasteiger partial charge in [0.15, 0.2) is 0 Å². The van der Waals surface area contributed by atoms with Gasteiger partial charge in [0.2, 0.25) is 0 Å². The van der Waals surface area contributed by atoms with Crippen LogP contribution in [0.15, 0.2) is 12.1 Å². The van der Waals surface area contributed by atoms with Gasteiger partial charge in [0.05, 0.1) is 6.10 Å². The fourth-order valence-corrected chi connectivity index (χ4v) is 4.60. The average Bonchev–Trinajstić information content (AvgIpc) is 3.25. The van der Waals surface area contributed by atoms with Gasteiger partial charge in [-0.15, -0.1) is 0 Å². The van der Waals surface area contributed by atoms with E-state index in [9.17, 15) is 4.79 Å². The minimum atomic E-state index is 0.0262. The third kappa shape index (κ3) is 3.90. The third-order valence-corrected chi connectivity index (χ3v) is 6.14. The Morgan fingerprint density at radius 1 is 1.22 bits per heavy atom. The number of rotatable bonds is 4. The van der Waals surface area contributed by atoms with E-state index in [-0.39, 0.29) is 11.9 Å². The molecule has 1 atom stereocenters. The maximum absolute atomic E-state index is 12.9. The number of nitrogens with zero attached hydrogens (tertiary/aromatic N) is 1. The summed E-state index contributed by atoms with van der Waals surface area (Å²) in [6, 6.07) is 4.57. The molecular weight excluding hydrogens is 338 g/mol. The first kappa shape index (κ1) is 18.5. The summed E-state index contributed by atoms with van der Waals surface area (Å²) in [5.74, 6) is 0.0262. The number of aryl methyl sites for hydroxylation is 3. The Kier molecular flexibility index (Phi) is 5.24. The smallest absolute Gasteiger partial charge is 0.268 e. The van der Waals surface area contributed by atoms with Crippen LogP contribution in [-0.4, -0.2) is 54.2 Å². The van der Waals surface area contributed by atoms with Gasteiger partial charge in [0.1, 0.15) is 5.69 Å². The molecule has 0 unspecified atom stereocenters. The highest BCUT2D eigenvalue weighted by molar-refractivity contribution is 6.01. The number of likely N-dealkylation sites (tertiary alicyclic amines) is 1. The van der Waals surface area contributed by atoms with Gasteiger partial charge in [-0.1, -0.05) is 11.6 Å². The van der Waals surface area contributed by atoms with Crippen LogP contribution in [0.25, 0.3) is 10.9 Å². The Morgan fingerprint density at radius 2 is 2.00 bits per heavy atom. The van der Waals surface area contributed by atoms with Crippen molar-refractivity contribution in [2.75, 3.05) is 26.2 Å². The number of carbonyl (C=O) groups is 1. The molecule has 0 spiro atoms. The number of amides is 1. The summed E-state index contributed by atoms with van der Waals surface area (Å²) in [5.41, 5.74) is 5.25. The van der Waals surface area contributed by atoms with E-state index < -0.39 is 0 Å². The highest BCUT2D eigenvalue weighted by Crippen LogP contribution is 2.26. The van der Waals surface area contributed by atoms with Gasteiger partial charge in [0.25, 0.3) is 5.91 Å². The van der Waals surface area contributed by atoms with Crippen LogP contribution in [-0.2, 0) is 4.74 Å². The second-order valence-corrected chi connectivity index (χ2v) is 8.31. The van der Waals surface area contributed by atoms with Crippen LogP contribution in [0, 0.1) is 20.8 Å². The third-order valence-electron chi connectivity index (χ3n) is 6.14. The van der Waals surface area contributed by atoms with Crippen LogP contribution in [0.2, 0.25) is 0 Å². The Labute approximate surface area is 161 Å². The zero-order valence-electron chi connectivity index (χ0n) is 16.7. The second kappa shape index (κ2) is 7.64. The van der Waals surface area contributed by atoms with E-state index >= 15 is 0 Å². The van der Waals surface area contributed by atoms with Crippen LogP contribution < -0.4 is 5.32 Å². The van der Waals surface area contributed by atoms with E-state index in [4.69, 9.17) is 4.74 Å². The van der Waals surface area contributed by atoms with E-state index in [2.05, 4.69) is 41.2 Å². The topological polar surface area (TPSA) is 57.4 Å². The first-order valence-electron chi connectivity index (χ1n) is 10.3. The SMILES string of the molecule is Cc1cc(C)c2[nH]c(C(=O)NC3CCN(C[C@H]4CCCO4)CC3)c(C)c2c1. The largest absolute Gasteiger partial charge is 0.377 e. The molecule has 2 fully saturated rings. The van der Waals surface area contributed by atoms with Crippen molar-refractivity contribution in [1.29, 1.82) is 0 Å². The number of hydrogen-bond acceptors (Lipinski definition) is 3. The quantitative estimate of drug-likeness (QED) is 0.868. The van der Waals surface area contributed by atoms with Gasteiger partial charge in [0, 0.05) is 43.2 Å². The standard InChI is InChI=1S/C22H31N3O2/c1-14-11-15(2)20-19(12-14)16(3)21(24-20)22(26)23-17-6-8-25(9-7-17)13-18-5-4-10-27-18/h11-12,17-18,24H,4-10,13H2,1-3H3,(H,23,26)/t18-/m1/s1. The summed E-state index contributed by atoms with van der Waals surface area (Å²) < 4.78 is 5.75. The number of ether oxygens (including phenoxy) is 1. The molecule has 2 aliphatic heterocycles. The zero-order chi connectivity index (χ0) is 19.0. The summed E-state index contributed by atoms with van der Waals surface area (Å²) in [4.78, 5) is 18.7. The zero-order valence-corrected chi connectivity index (χ0v) is 16.7. The van der Waals surface area contributed by atoms with Gasteiger partial charge in [-0.25, -0.2) is 0 Å². The van der Waals surface area contributed by atoms with E-state index in [1.807, 2.05) is 6.92 Å². The van der Waals surface area contributed by atoms with Crippen LogP contribution in [0.1, 0.15) is 52.9 Å². The second-order valence-electron chi connectivity index (χ2n) is 8.31. The van der Waals surface area contributed by atoms with Gasteiger partial charge in [-0.05, 0) is 63.6 Å². The fourth-order valence-electron chi connectivity index (χ4n) is 4.60. The summed E-state index contributed by atoms with van der Waals surface area (Å²) in [7, 11) is 0. The molecule has 3 heterocycles. The van der Waals surface area contributed by atoms with Crippen molar-refractivity contribution in [2.45, 2.75) is 58.6 Å². The van der Waals surface area contributed by atoms with Crippen molar-refractivity contribution in [3.63, 3.8) is 0 Å². The molecule has 1 aromatic carbocycles. The highest BCUT2D eigenvalue weighted by Gasteiger charge is 2.26. The van der Waals surface area contributed by atoms with E-state index in [0.29, 0.717) is 11.8 Å². The number of aromatic amines is 1. The van der Waals surface area contributed by atoms with E-state index in [1.165, 1.54) is 24.0 Å². The number of aromatic nitrogens is 1. The van der Waals surface area contributed by atoms with E-state index in [1.54, 1.807) is 0 Å². The van der Waals surface area contributed by atoms with Crippen molar-refractivity contribution in [1.82, 2.24) is 15.2 Å². The lowest BCUT2D eigenvalue weighted by Gasteiger charge is -2.33. The first-order valence-corrected chi connectivity index (χ1v) is 10.3. The first-order chi connectivity index (χ1) is 13.0. The van der Waals surface area contributed by atoms with Gasteiger partial charge < -0.3 is 19.9 Å². The van der Waals surface area contributed by atoms with Crippen LogP contribution in [0.4, 0.5) is 0 Å². The summed E-state index contributed by atoms with van der Waals surface area (Å²) in [5, 5.41) is 4.41. The van der Waals surface area contributed by atoms with E-state index in [0.717, 1.165) is 55.5 Å². The molecule has 2 aromatic rings. The predicted octanol–water partition coefficient (Wildman–Crippen LogP) is 3.47. The lowest BCUT2D eigenvalue weighted by atomic mass is 10.0. The Balaban J connectivity index is 1.38. The lowest BCUT2D eigenvalue weighted by Crippen LogP contribution is -2.46. The highest BCUT2D eigenvalue weighted by atomic mass is 16.5. The number of hydrogen-bond donors (Lipinski definition) is 2. The van der Waals surface area contributed by atoms with Crippen LogP contribution >= 0.6 is 0 Å².